The molecule has 0 saturated heterocycles. The summed E-state index contributed by atoms with van der Waals surface area (Å²) in [7, 11) is 0. The molecule has 4 aliphatic carbocycles. The van der Waals surface area contributed by atoms with Gasteiger partial charge >= 0.3 is 5.97 Å². The number of nitrogens with one attached hydrogen (secondary N) is 1. The van der Waals surface area contributed by atoms with Crippen molar-refractivity contribution in [3.8, 4) is 0 Å². The molecule has 4 aliphatic rings. The van der Waals surface area contributed by atoms with Crippen LogP contribution < -0.4 is 5.32 Å². The Kier molecular flexibility index (Phi) is 3.04. The molecule has 5 heteroatoms. The maximum atomic E-state index is 12.5. The topological polar surface area (TPSA) is 86.6 Å². The molecule has 0 aromatic carbocycles. The molecule has 4 bridgehead atoms. The first-order chi connectivity index (χ1) is 9.02. The van der Waals surface area contributed by atoms with Crippen molar-refractivity contribution < 1.29 is 19.8 Å². The molecule has 5 nitrogen and oxygen atoms in total. The summed E-state index contributed by atoms with van der Waals surface area (Å²) >= 11 is 0. The summed E-state index contributed by atoms with van der Waals surface area (Å²) in [4.78, 5) is 23.4. The predicted molar refractivity (Wildman–Crippen MR) is 67.3 cm³/mol. The van der Waals surface area contributed by atoms with E-state index in [0.29, 0.717) is 17.8 Å². The molecule has 1 atom stereocenters. The summed E-state index contributed by atoms with van der Waals surface area (Å²) in [6.45, 7) is -0.548. The fraction of sp³-hybridized carbons (Fsp3) is 0.857. The largest absolute Gasteiger partial charge is 0.480 e. The lowest BCUT2D eigenvalue weighted by Crippen LogP contribution is -2.56. The minimum atomic E-state index is -1.17. The highest BCUT2D eigenvalue weighted by Gasteiger charge is 2.54. The van der Waals surface area contributed by atoms with E-state index >= 15 is 0 Å². The minimum absolute atomic E-state index is 0.145. The number of hydrogen-bond acceptors (Lipinski definition) is 3. The third-order valence-corrected chi connectivity index (χ3v) is 5.31. The first-order valence-electron chi connectivity index (χ1n) is 7.17. The Bertz CT molecular complexity index is 371. The van der Waals surface area contributed by atoms with Gasteiger partial charge in [0, 0.05) is 5.41 Å². The number of aliphatic carboxylic acids is 1. The molecular formula is C14H21NO4. The second-order valence-corrected chi connectivity index (χ2v) is 6.74. The molecule has 4 fully saturated rings. The van der Waals surface area contributed by atoms with Gasteiger partial charge in [-0.25, -0.2) is 4.79 Å². The summed E-state index contributed by atoms with van der Waals surface area (Å²) in [5.74, 6) is 0.631. The highest BCUT2D eigenvalue weighted by molar-refractivity contribution is 5.87. The van der Waals surface area contributed by atoms with Gasteiger partial charge in [0.1, 0.15) is 6.04 Å². The zero-order chi connectivity index (χ0) is 13.6. The lowest BCUT2D eigenvalue weighted by atomic mass is 9.49. The van der Waals surface area contributed by atoms with E-state index in [2.05, 4.69) is 5.32 Å². The summed E-state index contributed by atoms with van der Waals surface area (Å²) in [6, 6.07) is -1.17. The van der Waals surface area contributed by atoms with Crippen LogP contribution in [0.1, 0.15) is 38.5 Å². The average Bonchev–Trinajstić information content (AvgIpc) is 2.33. The fourth-order valence-corrected chi connectivity index (χ4v) is 4.89. The van der Waals surface area contributed by atoms with Crippen LogP contribution in [-0.4, -0.2) is 34.7 Å². The van der Waals surface area contributed by atoms with Crippen molar-refractivity contribution in [2.75, 3.05) is 6.61 Å². The monoisotopic (exact) mass is 267 g/mol. The molecule has 4 saturated carbocycles. The van der Waals surface area contributed by atoms with Crippen molar-refractivity contribution in [2.24, 2.45) is 23.2 Å². The summed E-state index contributed by atoms with van der Waals surface area (Å²) in [5, 5.41) is 20.5. The first kappa shape index (κ1) is 12.9. The van der Waals surface area contributed by atoms with Gasteiger partial charge in [-0.15, -0.1) is 0 Å². The van der Waals surface area contributed by atoms with Gasteiger partial charge in [0.25, 0.3) is 0 Å². The maximum absolute atomic E-state index is 12.5. The van der Waals surface area contributed by atoms with Crippen LogP contribution in [0.2, 0.25) is 0 Å². The molecule has 3 N–H and O–H groups in total. The Labute approximate surface area is 112 Å². The van der Waals surface area contributed by atoms with Gasteiger partial charge in [0.15, 0.2) is 0 Å². The molecule has 1 amide bonds. The summed E-state index contributed by atoms with van der Waals surface area (Å²) < 4.78 is 0. The fourth-order valence-electron chi connectivity index (χ4n) is 4.89. The molecule has 19 heavy (non-hydrogen) atoms. The molecule has 0 aromatic heterocycles. The van der Waals surface area contributed by atoms with Crippen LogP contribution in [0, 0.1) is 23.2 Å². The van der Waals surface area contributed by atoms with Gasteiger partial charge in [-0.2, -0.15) is 0 Å². The standard InChI is InChI=1S/C14H21NO4/c16-7-11(12(17)18)15-13(19)14-4-8-1-9(5-14)3-10(2-8)6-14/h8-11,16H,1-7H2,(H,15,19)(H,17,18)/t8?,9?,10?,11-,14?/m0/s1. The van der Waals surface area contributed by atoms with Crippen molar-refractivity contribution in [1.29, 1.82) is 0 Å². The molecular weight excluding hydrogens is 246 g/mol. The van der Waals surface area contributed by atoms with Gasteiger partial charge in [-0.05, 0) is 56.3 Å². The number of aliphatic hydroxyl groups excluding tert-OH is 1. The van der Waals surface area contributed by atoms with Crippen LogP contribution in [0.5, 0.6) is 0 Å². The molecule has 0 aliphatic heterocycles. The number of hydrogen-bond donors (Lipinski definition) is 3. The first-order valence-corrected chi connectivity index (χ1v) is 7.17. The zero-order valence-corrected chi connectivity index (χ0v) is 11.0. The maximum Gasteiger partial charge on any atom is 0.328 e. The highest BCUT2D eigenvalue weighted by Crippen LogP contribution is 2.60. The van der Waals surface area contributed by atoms with E-state index in [4.69, 9.17) is 10.2 Å². The predicted octanol–water partition coefficient (Wildman–Crippen LogP) is 0.764. The number of carbonyl (C=O) groups is 2. The summed E-state index contributed by atoms with van der Waals surface area (Å²) in [5.41, 5.74) is -0.350. The van der Waals surface area contributed by atoms with Gasteiger partial charge in [-0.3, -0.25) is 4.79 Å². The number of aliphatic hydroxyl groups is 1. The highest BCUT2D eigenvalue weighted by atomic mass is 16.4. The molecule has 4 rings (SSSR count). The van der Waals surface area contributed by atoms with Crippen molar-refractivity contribution >= 4 is 11.9 Å². The Morgan fingerprint density at radius 1 is 1.11 bits per heavy atom. The Hall–Kier alpha value is -1.10. The van der Waals surface area contributed by atoms with E-state index in [1.54, 1.807) is 0 Å². The van der Waals surface area contributed by atoms with Crippen LogP contribution in [0.25, 0.3) is 0 Å². The molecule has 0 unspecified atom stereocenters. The van der Waals surface area contributed by atoms with E-state index in [1.165, 1.54) is 19.3 Å². The molecule has 0 spiro atoms. The van der Waals surface area contributed by atoms with E-state index in [9.17, 15) is 9.59 Å². The third kappa shape index (κ3) is 2.14. The van der Waals surface area contributed by atoms with Gasteiger partial charge in [0.2, 0.25) is 5.91 Å². The number of carbonyl (C=O) groups excluding carboxylic acids is 1. The van der Waals surface area contributed by atoms with Gasteiger partial charge in [0.05, 0.1) is 6.61 Å². The minimum Gasteiger partial charge on any atom is -0.480 e. The Morgan fingerprint density at radius 3 is 1.95 bits per heavy atom. The van der Waals surface area contributed by atoms with Gasteiger partial charge in [-0.1, -0.05) is 0 Å². The van der Waals surface area contributed by atoms with Crippen LogP contribution >= 0.6 is 0 Å². The van der Waals surface area contributed by atoms with E-state index < -0.39 is 18.6 Å². The van der Waals surface area contributed by atoms with Crippen molar-refractivity contribution in [2.45, 2.75) is 44.6 Å². The molecule has 106 valence electrons. The van der Waals surface area contributed by atoms with E-state index in [-0.39, 0.29) is 11.3 Å². The van der Waals surface area contributed by atoms with Crippen molar-refractivity contribution in [3.63, 3.8) is 0 Å². The number of rotatable bonds is 4. The number of carboxylic acids is 1. The average molecular weight is 267 g/mol. The van der Waals surface area contributed by atoms with Crippen LogP contribution in [-0.2, 0) is 9.59 Å². The second kappa shape index (κ2) is 4.47. The number of amides is 1. The normalized spacial score (nSPS) is 41.0. The Morgan fingerprint density at radius 2 is 1.58 bits per heavy atom. The zero-order valence-electron chi connectivity index (χ0n) is 11.0. The SMILES string of the molecule is O=C(O)[C@H](CO)NC(=O)C12CC3CC(CC(C3)C1)C2. The molecule has 0 aromatic rings. The lowest BCUT2D eigenvalue weighted by molar-refractivity contribution is -0.152. The van der Waals surface area contributed by atoms with Crippen molar-refractivity contribution in [1.82, 2.24) is 5.32 Å². The second-order valence-electron chi connectivity index (χ2n) is 6.74. The quantitative estimate of drug-likeness (QED) is 0.702. The Balaban J connectivity index is 1.74. The third-order valence-electron chi connectivity index (χ3n) is 5.31. The van der Waals surface area contributed by atoms with Gasteiger partial charge < -0.3 is 15.5 Å². The van der Waals surface area contributed by atoms with E-state index in [1.807, 2.05) is 0 Å². The van der Waals surface area contributed by atoms with E-state index in [0.717, 1.165) is 19.3 Å². The lowest BCUT2D eigenvalue weighted by Gasteiger charge is -2.55. The summed E-state index contributed by atoms with van der Waals surface area (Å²) in [6.07, 6.45) is 6.45. The molecule has 0 heterocycles. The molecule has 0 radical (unpaired) electrons. The van der Waals surface area contributed by atoms with Crippen LogP contribution in [0.4, 0.5) is 0 Å². The van der Waals surface area contributed by atoms with Crippen LogP contribution in [0.15, 0.2) is 0 Å². The van der Waals surface area contributed by atoms with Crippen molar-refractivity contribution in [3.05, 3.63) is 0 Å². The smallest absolute Gasteiger partial charge is 0.328 e. The van der Waals surface area contributed by atoms with Crippen LogP contribution in [0.3, 0.4) is 0 Å². The number of carboxylic acid groups (broad SMARTS) is 1.